The second-order valence-corrected chi connectivity index (χ2v) is 8.49. The summed E-state index contributed by atoms with van der Waals surface area (Å²) in [5.74, 6) is -1.32. The van der Waals surface area contributed by atoms with Crippen molar-refractivity contribution in [3.05, 3.63) is 30.2 Å². The number of carbonyl (C=O) groups is 2. The first-order valence-electron chi connectivity index (χ1n) is 11.2. The highest BCUT2D eigenvalue weighted by molar-refractivity contribution is 6.00. The maximum Gasteiger partial charge on any atom is 0.405 e. The predicted molar refractivity (Wildman–Crippen MR) is 117 cm³/mol. The lowest BCUT2D eigenvalue weighted by Gasteiger charge is -2.34. The van der Waals surface area contributed by atoms with E-state index in [1.54, 1.807) is 31.2 Å². The third-order valence-electron chi connectivity index (χ3n) is 6.06. The fraction of sp³-hybridized carbons (Fsp3) is 0.565. The Balaban J connectivity index is 1.78. The van der Waals surface area contributed by atoms with Crippen LogP contribution < -0.4 is 5.32 Å². The van der Waals surface area contributed by atoms with Gasteiger partial charge in [-0.05, 0) is 30.9 Å². The second-order valence-electron chi connectivity index (χ2n) is 8.49. The first kappa shape index (κ1) is 24.7. The number of nitrogens with one attached hydrogen (secondary N) is 2. The molecule has 180 valence electrons. The number of aromatic nitrogens is 1. The molecule has 1 aromatic heterocycles. The Morgan fingerprint density at radius 3 is 2.58 bits per heavy atom. The number of nitrogens with zero attached hydrogens (tertiary/aromatic N) is 2. The van der Waals surface area contributed by atoms with Gasteiger partial charge in [-0.1, -0.05) is 51.2 Å². The lowest BCUT2D eigenvalue weighted by atomic mass is 9.84. The van der Waals surface area contributed by atoms with E-state index in [1.165, 1.54) is 0 Å². The van der Waals surface area contributed by atoms with E-state index in [2.05, 4.69) is 10.3 Å². The van der Waals surface area contributed by atoms with Crippen molar-refractivity contribution < 1.29 is 27.2 Å². The maximum absolute atomic E-state index is 13.2. The molecule has 1 aliphatic rings. The quantitative estimate of drug-likeness (QED) is 0.300. The largest absolute Gasteiger partial charge is 0.434 e. The van der Waals surface area contributed by atoms with Crippen molar-refractivity contribution in [2.75, 3.05) is 6.54 Å². The van der Waals surface area contributed by atoms with E-state index in [0.29, 0.717) is 22.3 Å². The number of benzene rings is 1. The monoisotopic (exact) mass is 466 g/mol. The van der Waals surface area contributed by atoms with Crippen LogP contribution in [0.4, 0.5) is 13.2 Å². The Bertz CT molecular complexity index is 936. The Labute approximate surface area is 190 Å². The fourth-order valence-electron chi connectivity index (χ4n) is 4.33. The zero-order valence-corrected chi connectivity index (χ0v) is 18.5. The summed E-state index contributed by atoms with van der Waals surface area (Å²) in [6, 6.07) is 4.65. The molecule has 1 saturated carbocycles. The number of oxazole rings is 1. The van der Waals surface area contributed by atoms with Gasteiger partial charge in [-0.2, -0.15) is 13.2 Å². The molecule has 0 saturated heterocycles. The molecule has 1 unspecified atom stereocenters. The van der Waals surface area contributed by atoms with Crippen LogP contribution in [0.1, 0.15) is 62.6 Å². The highest BCUT2D eigenvalue weighted by atomic mass is 19.4. The Morgan fingerprint density at radius 1 is 1.27 bits per heavy atom. The molecule has 3 rings (SSSR count). The van der Waals surface area contributed by atoms with Crippen LogP contribution in [-0.4, -0.2) is 52.7 Å². The van der Waals surface area contributed by atoms with Crippen LogP contribution in [0.25, 0.3) is 11.1 Å². The minimum Gasteiger partial charge on any atom is -0.434 e. The molecular weight excluding hydrogens is 437 g/mol. The number of ketones is 1. The predicted octanol–water partition coefficient (Wildman–Crippen LogP) is 4.72. The number of rotatable bonds is 10. The highest BCUT2D eigenvalue weighted by Gasteiger charge is 2.38. The van der Waals surface area contributed by atoms with E-state index < -0.39 is 36.5 Å². The number of halogens is 3. The van der Waals surface area contributed by atoms with Gasteiger partial charge in [0.25, 0.3) is 5.89 Å². The standard InChI is InChI=1S/C23H29F3N4O3/c1-2-16(20(31)22-29-17-10-6-7-11-19(17)33-22)28-21(32)18(12-15-8-4-3-5-9-15)30(14-27)13-23(24,25)26/h6-7,10-11,14-16,18,27H,2-5,8-9,12-13H2,1H3,(H,28,32)/t16?,18-/m0/s1. The van der Waals surface area contributed by atoms with E-state index in [1.807, 2.05) is 0 Å². The van der Waals surface area contributed by atoms with E-state index >= 15 is 0 Å². The molecule has 2 aromatic rings. The molecular formula is C23H29F3N4O3. The van der Waals surface area contributed by atoms with Crippen LogP contribution in [0.15, 0.2) is 28.7 Å². The molecule has 0 bridgehead atoms. The highest BCUT2D eigenvalue weighted by Crippen LogP contribution is 2.29. The first-order chi connectivity index (χ1) is 15.7. The summed E-state index contributed by atoms with van der Waals surface area (Å²) in [5.41, 5.74) is 0.926. The van der Waals surface area contributed by atoms with Crippen molar-refractivity contribution >= 4 is 29.1 Å². The summed E-state index contributed by atoms with van der Waals surface area (Å²) in [6.45, 7) is 0.281. The molecule has 2 atom stereocenters. The number of fused-ring (bicyclic) bond motifs is 1. The number of carbonyl (C=O) groups excluding carboxylic acids is 2. The van der Waals surface area contributed by atoms with Gasteiger partial charge in [0.1, 0.15) is 18.1 Å². The Hall–Kier alpha value is -2.91. The first-order valence-corrected chi connectivity index (χ1v) is 11.2. The fourth-order valence-corrected chi connectivity index (χ4v) is 4.33. The van der Waals surface area contributed by atoms with Crippen LogP contribution in [0.3, 0.4) is 0 Å². The van der Waals surface area contributed by atoms with Crippen molar-refractivity contribution in [2.45, 2.75) is 70.1 Å². The van der Waals surface area contributed by atoms with Gasteiger partial charge in [0.15, 0.2) is 5.58 Å². The second kappa shape index (κ2) is 10.8. The van der Waals surface area contributed by atoms with Crippen LogP contribution in [-0.2, 0) is 4.79 Å². The molecule has 1 aromatic carbocycles. The summed E-state index contributed by atoms with van der Waals surface area (Å²) in [5, 5.41) is 10.1. The van der Waals surface area contributed by atoms with Crippen molar-refractivity contribution in [1.82, 2.24) is 15.2 Å². The molecule has 0 radical (unpaired) electrons. The molecule has 0 aliphatic heterocycles. The average molecular weight is 467 g/mol. The summed E-state index contributed by atoms with van der Waals surface area (Å²) in [6.07, 6.45) is 1.08. The van der Waals surface area contributed by atoms with Gasteiger partial charge >= 0.3 is 6.18 Å². The average Bonchev–Trinajstić information content (AvgIpc) is 3.23. The number of hydrogen-bond acceptors (Lipinski definition) is 5. The number of Topliss-reactive ketones (excluding diaryl/α,β-unsaturated/α-hetero) is 1. The van der Waals surface area contributed by atoms with Crippen LogP contribution in [0, 0.1) is 11.3 Å². The molecule has 33 heavy (non-hydrogen) atoms. The van der Waals surface area contributed by atoms with Gasteiger partial charge < -0.3 is 14.6 Å². The SMILES string of the molecule is CCC(NC(=O)[C@H](CC1CCCCC1)N(C=N)CC(F)(F)F)C(=O)c1nc2ccccc2o1. The third kappa shape index (κ3) is 6.55. The van der Waals surface area contributed by atoms with Gasteiger partial charge in [0.05, 0.1) is 12.4 Å². The van der Waals surface area contributed by atoms with Crippen molar-refractivity contribution in [3.8, 4) is 0 Å². The Morgan fingerprint density at radius 2 is 1.97 bits per heavy atom. The third-order valence-corrected chi connectivity index (χ3v) is 6.06. The summed E-state index contributed by atoms with van der Waals surface area (Å²) in [4.78, 5) is 31.0. The van der Waals surface area contributed by atoms with Gasteiger partial charge in [0.2, 0.25) is 11.7 Å². The molecule has 10 heteroatoms. The molecule has 7 nitrogen and oxygen atoms in total. The summed E-state index contributed by atoms with van der Waals surface area (Å²) < 4.78 is 44.9. The molecule has 0 spiro atoms. The Kier molecular flexibility index (Phi) is 8.10. The number of amides is 1. The van der Waals surface area contributed by atoms with Gasteiger partial charge in [-0.3, -0.25) is 15.0 Å². The van der Waals surface area contributed by atoms with Gasteiger partial charge in [-0.15, -0.1) is 0 Å². The topological polar surface area (TPSA) is 99.3 Å². The molecule has 1 fully saturated rings. The van der Waals surface area contributed by atoms with E-state index in [0.717, 1.165) is 32.1 Å². The van der Waals surface area contributed by atoms with Gasteiger partial charge in [-0.25, -0.2) is 4.98 Å². The summed E-state index contributed by atoms with van der Waals surface area (Å²) in [7, 11) is 0. The van der Waals surface area contributed by atoms with Crippen molar-refractivity contribution in [3.63, 3.8) is 0 Å². The summed E-state index contributed by atoms with van der Waals surface area (Å²) >= 11 is 0. The van der Waals surface area contributed by atoms with E-state index in [9.17, 15) is 22.8 Å². The molecule has 1 heterocycles. The lowest BCUT2D eigenvalue weighted by Crippen LogP contribution is -2.53. The van der Waals surface area contributed by atoms with Crippen molar-refractivity contribution in [2.24, 2.45) is 5.92 Å². The van der Waals surface area contributed by atoms with Crippen LogP contribution in [0.5, 0.6) is 0 Å². The maximum atomic E-state index is 13.2. The van der Waals surface area contributed by atoms with Gasteiger partial charge in [0, 0.05) is 0 Å². The van der Waals surface area contributed by atoms with Crippen LogP contribution >= 0.6 is 0 Å². The molecule has 2 N–H and O–H groups in total. The minimum absolute atomic E-state index is 0.0954. The molecule has 1 aliphatic carbocycles. The lowest BCUT2D eigenvalue weighted by molar-refractivity contribution is -0.146. The smallest absolute Gasteiger partial charge is 0.405 e. The van der Waals surface area contributed by atoms with Crippen LogP contribution in [0.2, 0.25) is 0 Å². The van der Waals surface area contributed by atoms with E-state index in [-0.39, 0.29) is 24.7 Å². The molecule has 1 amide bonds. The van der Waals surface area contributed by atoms with Crippen molar-refractivity contribution in [1.29, 1.82) is 5.41 Å². The number of hydrogen-bond donors (Lipinski definition) is 2. The normalized spacial score (nSPS) is 16.8. The zero-order valence-electron chi connectivity index (χ0n) is 18.5. The number of para-hydroxylation sites is 2. The number of alkyl halides is 3. The zero-order chi connectivity index (χ0) is 24.0. The minimum atomic E-state index is -4.57. The van der Waals surface area contributed by atoms with E-state index in [4.69, 9.17) is 9.83 Å².